The topological polar surface area (TPSA) is 28.2 Å². The van der Waals surface area contributed by atoms with Crippen molar-refractivity contribution in [2.24, 2.45) is 0 Å². The van der Waals surface area contributed by atoms with Crippen LogP contribution >= 0.6 is 15.9 Å². The van der Waals surface area contributed by atoms with Crippen molar-refractivity contribution in [1.29, 1.82) is 0 Å². The van der Waals surface area contributed by atoms with E-state index in [4.69, 9.17) is 0 Å². The summed E-state index contributed by atoms with van der Waals surface area (Å²) in [6.45, 7) is 9.94. The van der Waals surface area contributed by atoms with Gasteiger partial charge in [-0.25, -0.2) is 0 Å². The number of halogens is 1. The molecule has 1 aromatic heterocycles. The normalized spacial score (nSPS) is 24.1. The monoisotopic (exact) mass is 311 g/mol. The molecule has 0 bridgehead atoms. The third kappa shape index (κ3) is 3.53. The maximum Gasteiger partial charge on any atom is 0.0410 e. The van der Waals surface area contributed by atoms with E-state index in [9.17, 15) is 0 Å². The van der Waals surface area contributed by atoms with E-state index in [1.165, 1.54) is 12.0 Å². The molecule has 3 nitrogen and oxygen atoms in total. The first-order valence-corrected chi connectivity index (χ1v) is 7.38. The molecule has 1 saturated heterocycles. The minimum atomic E-state index is 0.200. The van der Waals surface area contributed by atoms with Crippen molar-refractivity contribution in [3.63, 3.8) is 0 Å². The van der Waals surface area contributed by atoms with Crippen LogP contribution < -0.4 is 5.32 Å². The Bertz CT molecular complexity index is 406. The number of hydrogen-bond acceptors (Lipinski definition) is 3. The highest BCUT2D eigenvalue weighted by Gasteiger charge is 2.31. The first kappa shape index (κ1) is 14.0. The van der Waals surface area contributed by atoms with Crippen molar-refractivity contribution >= 4 is 15.9 Å². The lowest BCUT2D eigenvalue weighted by Gasteiger charge is -2.44. The summed E-state index contributed by atoms with van der Waals surface area (Å²) in [6.07, 6.45) is 4.99. The Morgan fingerprint density at radius 3 is 2.94 bits per heavy atom. The molecule has 1 fully saturated rings. The van der Waals surface area contributed by atoms with Crippen molar-refractivity contribution in [2.45, 2.75) is 45.3 Å². The van der Waals surface area contributed by atoms with Crippen LogP contribution in [0.25, 0.3) is 0 Å². The van der Waals surface area contributed by atoms with Crippen molar-refractivity contribution in [2.75, 3.05) is 13.1 Å². The lowest BCUT2D eigenvalue weighted by Crippen LogP contribution is -2.60. The Morgan fingerprint density at radius 1 is 1.50 bits per heavy atom. The molecule has 2 heterocycles. The Morgan fingerprint density at radius 2 is 2.28 bits per heavy atom. The second-order valence-electron chi connectivity index (χ2n) is 5.74. The van der Waals surface area contributed by atoms with Gasteiger partial charge in [0.25, 0.3) is 0 Å². The Hall–Kier alpha value is -0.450. The second kappa shape index (κ2) is 5.68. The fourth-order valence-electron chi connectivity index (χ4n) is 2.58. The maximum atomic E-state index is 4.25. The molecule has 1 atom stereocenters. The molecule has 1 aliphatic rings. The van der Waals surface area contributed by atoms with E-state index in [1.807, 2.05) is 12.4 Å². The molecule has 2 rings (SSSR count). The standard InChI is InChI=1S/C14H22BrN3/c1-4-13-8-17-14(2,3)10-18(13)9-11-5-12(15)7-16-6-11/h5-7,13,17H,4,8-10H2,1-3H3. The van der Waals surface area contributed by atoms with Crippen LogP contribution in [0.15, 0.2) is 22.9 Å². The van der Waals surface area contributed by atoms with E-state index >= 15 is 0 Å². The number of piperazine rings is 1. The highest BCUT2D eigenvalue weighted by Crippen LogP contribution is 2.20. The number of nitrogens with zero attached hydrogens (tertiary/aromatic N) is 2. The van der Waals surface area contributed by atoms with Gasteiger partial charge in [0.05, 0.1) is 0 Å². The van der Waals surface area contributed by atoms with Crippen molar-refractivity contribution in [1.82, 2.24) is 15.2 Å². The van der Waals surface area contributed by atoms with Crippen molar-refractivity contribution < 1.29 is 0 Å². The smallest absolute Gasteiger partial charge is 0.0410 e. The van der Waals surface area contributed by atoms with Crippen LogP contribution in [0, 0.1) is 0 Å². The summed E-state index contributed by atoms with van der Waals surface area (Å²) in [7, 11) is 0. The number of nitrogens with one attached hydrogen (secondary N) is 1. The third-order valence-electron chi connectivity index (χ3n) is 3.55. The molecule has 1 unspecified atom stereocenters. The minimum absolute atomic E-state index is 0.200. The van der Waals surface area contributed by atoms with Gasteiger partial charge in [-0.1, -0.05) is 6.92 Å². The summed E-state index contributed by atoms with van der Waals surface area (Å²) in [4.78, 5) is 6.82. The van der Waals surface area contributed by atoms with Gasteiger partial charge in [0.2, 0.25) is 0 Å². The Kier molecular flexibility index (Phi) is 4.41. The first-order valence-electron chi connectivity index (χ1n) is 6.58. The van der Waals surface area contributed by atoms with Gasteiger partial charge in [-0.05, 0) is 47.8 Å². The quantitative estimate of drug-likeness (QED) is 0.930. The molecule has 0 aromatic carbocycles. The first-order chi connectivity index (χ1) is 8.50. The van der Waals surface area contributed by atoms with E-state index in [1.54, 1.807) is 0 Å². The van der Waals surface area contributed by atoms with Crippen LogP contribution in [-0.2, 0) is 6.54 Å². The van der Waals surface area contributed by atoms with E-state index in [0.717, 1.165) is 24.1 Å². The highest BCUT2D eigenvalue weighted by molar-refractivity contribution is 9.10. The van der Waals surface area contributed by atoms with E-state index in [2.05, 4.69) is 58.0 Å². The molecular formula is C14H22BrN3. The lowest BCUT2D eigenvalue weighted by molar-refractivity contribution is 0.0857. The number of rotatable bonds is 3. The fourth-order valence-corrected chi connectivity index (χ4v) is 2.99. The van der Waals surface area contributed by atoms with Crippen LogP contribution in [0.5, 0.6) is 0 Å². The molecule has 1 aromatic rings. The SMILES string of the molecule is CCC1CNC(C)(C)CN1Cc1cncc(Br)c1. The summed E-state index contributed by atoms with van der Waals surface area (Å²) >= 11 is 3.49. The molecule has 0 spiro atoms. The zero-order valence-electron chi connectivity index (χ0n) is 11.4. The third-order valence-corrected chi connectivity index (χ3v) is 3.98. The zero-order chi connectivity index (χ0) is 13.2. The molecule has 1 aliphatic heterocycles. The average Bonchev–Trinajstić information content (AvgIpc) is 2.28. The summed E-state index contributed by atoms with van der Waals surface area (Å²) in [5, 5.41) is 3.62. The molecule has 18 heavy (non-hydrogen) atoms. The molecular weight excluding hydrogens is 290 g/mol. The summed E-state index contributed by atoms with van der Waals surface area (Å²) < 4.78 is 1.06. The molecule has 100 valence electrons. The Balaban J connectivity index is 2.09. The van der Waals surface area contributed by atoms with Gasteiger partial charge in [0.1, 0.15) is 0 Å². The van der Waals surface area contributed by atoms with Crippen LogP contribution in [0.2, 0.25) is 0 Å². The van der Waals surface area contributed by atoms with Crippen molar-refractivity contribution in [3.8, 4) is 0 Å². The molecule has 1 N–H and O–H groups in total. The van der Waals surface area contributed by atoms with Gasteiger partial charge in [0, 0.05) is 48.1 Å². The minimum Gasteiger partial charge on any atom is -0.309 e. The number of aromatic nitrogens is 1. The number of pyridine rings is 1. The van der Waals surface area contributed by atoms with Crippen LogP contribution in [0.4, 0.5) is 0 Å². The largest absolute Gasteiger partial charge is 0.309 e. The van der Waals surface area contributed by atoms with E-state index in [0.29, 0.717) is 6.04 Å². The summed E-state index contributed by atoms with van der Waals surface area (Å²) in [5.41, 5.74) is 1.48. The van der Waals surface area contributed by atoms with Gasteiger partial charge in [0.15, 0.2) is 0 Å². The second-order valence-corrected chi connectivity index (χ2v) is 6.66. The molecule has 0 radical (unpaired) electrons. The predicted molar refractivity (Wildman–Crippen MR) is 78.5 cm³/mol. The van der Waals surface area contributed by atoms with Crippen LogP contribution in [0.3, 0.4) is 0 Å². The van der Waals surface area contributed by atoms with E-state index < -0.39 is 0 Å². The lowest BCUT2D eigenvalue weighted by atomic mass is 9.97. The van der Waals surface area contributed by atoms with Gasteiger partial charge >= 0.3 is 0 Å². The predicted octanol–water partition coefficient (Wildman–Crippen LogP) is 2.81. The van der Waals surface area contributed by atoms with Gasteiger partial charge in [-0.2, -0.15) is 0 Å². The highest BCUT2D eigenvalue weighted by atomic mass is 79.9. The molecule has 0 aliphatic carbocycles. The zero-order valence-corrected chi connectivity index (χ0v) is 13.0. The van der Waals surface area contributed by atoms with Crippen LogP contribution in [-0.4, -0.2) is 34.6 Å². The van der Waals surface area contributed by atoms with Crippen molar-refractivity contribution in [3.05, 3.63) is 28.5 Å². The molecule has 0 saturated carbocycles. The van der Waals surface area contributed by atoms with E-state index in [-0.39, 0.29) is 5.54 Å². The number of hydrogen-bond donors (Lipinski definition) is 1. The van der Waals surface area contributed by atoms with Gasteiger partial charge < -0.3 is 5.32 Å². The maximum absolute atomic E-state index is 4.25. The molecule has 0 amide bonds. The summed E-state index contributed by atoms with van der Waals surface area (Å²) in [5.74, 6) is 0. The van der Waals surface area contributed by atoms with Crippen LogP contribution in [0.1, 0.15) is 32.8 Å². The Labute approximate surface area is 118 Å². The van der Waals surface area contributed by atoms with Gasteiger partial charge in [-0.3, -0.25) is 9.88 Å². The summed E-state index contributed by atoms with van der Waals surface area (Å²) in [6, 6.07) is 2.78. The average molecular weight is 312 g/mol. The van der Waals surface area contributed by atoms with Gasteiger partial charge in [-0.15, -0.1) is 0 Å². The fraction of sp³-hybridized carbons (Fsp3) is 0.643. The molecule has 4 heteroatoms.